The molecule has 2 heterocycles. The largest absolute Gasteiger partial charge is 0.506 e. The molecule has 0 saturated heterocycles. The molecule has 2 aromatic heterocycles. The molecule has 12 heteroatoms. The van der Waals surface area contributed by atoms with E-state index in [1.165, 1.54) is 26.3 Å². The van der Waals surface area contributed by atoms with Gasteiger partial charge < -0.3 is 14.6 Å². The highest BCUT2D eigenvalue weighted by Gasteiger charge is 2.36. The van der Waals surface area contributed by atoms with E-state index in [0.29, 0.717) is 0 Å². The average molecular weight is 469 g/mol. The number of para-hydroxylation sites is 1. The van der Waals surface area contributed by atoms with Crippen molar-refractivity contribution in [2.24, 2.45) is 0 Å². The number of thiazole rings is 1. The predicted octanol–water partition coefficient (Wildman–Crippen LogP) is 4.31. The van der Waals surface area contributed by atoms with Gasteiger partial charge in [0.05, 0.1) is 17.7 Å². The summed E-state index contributed by atoms with van der Waals surface area (Å²) in [6.07, 6.45) is -4.72. The molecule has 170 valence electrons. The van der Waals surface area contributed by atoms with Gasteiger partial charge in [-0.05, 0) is 12.1 Å². The maximum Gasteiger partial charge on any atom is 0.418 e. The summed E-state index contributed by atoms with van der Waals surface area (Å²) in [6, 6.07) is 3.11. The summed E-state index contributed by atoms with van der Waals surface area (Å²) in [6.45, 7) is 1.21. The van der Waals surface area contributed by atoms with Crippen LogP contribution >= 0.6 is 11.3 Å². The summed E-state index contributed by atoms with van der Waals surface area (Å²) in [5, 5.41) is 14.8. The number of aromatic hydroxyl groups is 1. The van der Waals surface area contributed by atoms with Crippen LogP contribution in [0.5, 0.6) is 5.75 Å². The zero-order valence-electron chi connectivity index (χ0n) is 16.9. The lowest BCUT2D eigenvalue weighted by molar-refractivity contribution is -0.152. The molecule has 3 aromatic rings. The average Bonchev–Trinajstić information content (AvgIpc) is 3.25. The topological polar surface area (TPSA) is 111 Å². The Kier molecular flexibility index (Phi) is 6.94. The molecule has 0 spiro atoms. The Bertz CT molecular complexity index is 1140. The molecule has 1 aromatic carbocycles. The third-order valence-corrected chi connectivity index (χ3v) is 5.08. The lowest BCUT2D eigenvalue weighted by atomic mass is 10.0. The number of nitrogens with one attached hydrogen (secondary N) is 1. The maximum atomic E-state index is 13.6. The van der Waals surface area contributed by atoms with Crippen molar-refractivity contribution in [2.45, 2.75) is 25.6 Å². The summed E-state index contributed by atoms with van der Waals surface area (Å²) in [7, 11) is 1.28. The van der Waals surface area contributed by atoms with Crippen molar-refractivity contribution in [3.63, 3.8) is 0 Å². The van der Waals surface area contributed by atoms with Gasteiger partial charge in [-0.3, -0.25) is 14.9 Å². The number of benzene rings is 1. The quantitative estimate of drug-likeness (QED) is 0.496. The van der Waals surface area contributed by atoms with Gasteiger partial charge in [-0.2, -0.15) is 13.2 Å². The van der Waals surface area contributed by atoms with E-state index >= 15 is 0 Å². The first kappa shape index (κ1) is 23.4. The molecule has 0 aliphatic rings. The first-order valence-electron chi connectivity index (χ1n) is 9.29. The van der Waals surface area contributed by atoms with Gasteiger partial charge >= 0.3 is 12.1 Å². The summed E-state index contributed by atoms with van der Waals surface area (Å²) >= 11 is 1.10. The number of aromatic nitrogens is 2. The molecule has 0 fully saturated rings. The molecule has 1 unspecified atom stereocenters. The molecule has 3 rings (SSSR count). The maximum absolute atomic E-state index is 13.6. The number of carbonyl (C=O) groups excluding carboxylic acids is 2. The van der Waals surface area contributed by atoms with Gasteiger partial charge in [0, 0.05) is 30.5 Å². The van der Waals surface area contributed by atoms with Crippen LogP contribution in [-0.4, -0.2) is 40.7 Å². The predicted molar refractivity (Wildman–Crippen MR) is 109 cm³/mol. The van der Waals surface area contributed by atoms with Gasteiger partial charge in [-0.25, -0.2) is 9.97 Å². The Morgan fingerprint density at radius 1 is 1.31 bits per heavy atom. The third kappa shape index (κ3) is 4.81. The first-order chi connectivity index (χ1) is 15.2. The lowest BCUT2D eigenvalue weighted by Gasteiger charge is -2.21. The second-order valence-corrected chi connectivity index (χ2v) is 7.39. The summed E-state index contributed by atoms with van der Waals surface area (Å²) in [5.41, 5.74) is -2.52. The zero-order chi connectivity index (χ0) is 23.5. The van der Waals surface area contributed by atoms with Crippen molar-refractivity contribution < 1.29 is 37.3 Å². The fourth-order valence-electron chi connectivity index (χ4n) is 2.98. The summed E-state index contributed by atoms with van der Waals surface area (Å²) in [4.78, 5) is 32.9. The van der Waals surface area contributed by atoms with Crippen LogP contribution in [0.25, 0.3) is 10.9 Å². The van der Waals surface area contributed by atoms with Crippen molar-refractivity contribution >= 4 is 39.2 Å². The van der Waals surface area contributed by atoms with Crippen molar-refractivity contribution in [1.82, 2.24) is 9.97 Å². The summed E-state index contributed by atoms with van der Waals surface area (Å²) < 4.78 is 51.1. The van der Waals surface area contributed by atoms with Crippen LogP contribution in [-0.2, 0) is 20.4 Å². The normalized spacial score (nSPS) is 12.5. The van der Waals surface area contributed by atoms with Crippen molar-refractivity contribution in [3.8, 4) is 5.75 Å². The number of rotatable bonds is 7. The molecule has 1 amide bonds. The third-order valence-electron chi connectivity index (χ3n) is 4.39. The number of ether oxygens (including phenoxy) is 2. The molecule has 1 atom stereocenters. The van der Waals surface area contributed by atoms with E-state index in [1.54, 1.807) is 5.38 Å². The van der Waals surface area contributed by atoms with Crippen LogP contribution in [0.4, 0.5) is 18.3 Å². The van der Waals surface area contributed by atoms with E-state index in [-0.39, 0.29) is 29.2 Å². The Morgan fingerprint density at radius 2 is 2.06 bits per heavy atom. The van der Waals surface area contributed by atoms with E-state index in [0.717, 1.165) is 23.5 Å². The minimum atomic E-state index is -4.78. The number of hydrogen-bond acceptors (Lipinski definition) is 8. The number of esters is 1. The van der Waals surface area contributed by atoms with Gasteiger partial charge in [-0.1, -0.05) is 13.0 Å². The molecule has 0 bridgehead atoms. The Hall–Kier alpha value is -3.25. The number of anilines is 1. The van der Waals surface area contributed by atoms with E-state index in [9.17, 15) is 27.9 Å². The van der Waals surface area contributed by atoms with E-state index in [4.69, 9.17) is 9.47 Å². The van der Waals surface area contributed by atoms with E-state index < -0.39 is 46.5 Å². The fourth-order valence-corrected chi connectivity index (χ4v) is 3.50. The molecule has 0 saturated carbocycles. The second-order valence-electron chi connectivity index (χ2n) is 6.50. The summed E-state index contributed by atoms with van der Waals surface area (Å²) in [5.74, 6) is -2.31. The molecule has 0 aliphatic heterocycles. The Balaban J connectivity index is 2.28. The van der Waals surface area contributed by atoms with Crippen molar-refractivity contribution in [1.29, 1.82) is 0 Å². The molecule has 0 radical (unpaired) electrons. The van der Waals surface area contributed by atoms with Crippen LogP contribution in [0.3, 0.4) is 0 Å². The smallest absolute Gasteiger partial charge is 0.418 e. The number of pyridine rings is 1. The Labute approximate surface area is 184 Å². The van der Waals surface area contributed by atoms with E-state index in [1.807, 2.05) is 0 Å². The minimum Gasteiger partial charge on any atom is -0.506 e. The number of carbonyl (C=O) groups is 2. The fraction of sp³-hybridized carbons (Fsp3) is 0.300. The molecule has 0 aliphatic carbocycles. The SMILES string of the molecule is CCC(=O)OC(COC)c1nc2c(C(F)(F)F)cccc2c(O)c1C(=O)Nc1nccs1. The molecule has 32 heavy (non-hydrogen) atoms. The van der Waals surface area contributed by atoms with Crippen LogP contribution in [0, 0.1) is 0 Å². The van der Waals surface area contributed by atoms with Crippen LogP contribution in [0.2, 0.25) is 0 Å². The number of halogens is 3. The second kappa shape index (κ2) is 9.49. The standard InChI is InChI=1S/C20H18F3N3O5S/c1-3-13(27)31-12(9-30-2)16-14(18(29)26-19-24-7-8-32-19)17(28)10-5-4-6-11(15(10)25-16)20(21,22)23/h4-8,12H,3,9H2,1-2H3,(H,25,28)(H,24,26,29). The van der Waals surface area contributed by atoms with Gasteiger partial charge in [0.15, 0.2) is 11.2 Å². The van der Waals surface area contributed by atoms with Crippen LogP contribution in [0.15, 0.2) is 29.8 Å². The van der Waals surface area contributed by atoms with Crippen LogP contribution in [0.1, 0.15) is 41.1 Å². The minimum absolute atomic E-state index is 0.0335. The van der Waals surface area contributed by atoms with Gasteiger partial charge in [0.2, 0.25) is 0 Å². The zero-order valence-corrected chi connectivity index (χ0v) is 17.7. The number of nitrogens with zero attached hydrogens (tertiary/aromatic N) is 2. The Morgan fingerprint density at radius 3 is 2.66 bits per heavy atom. The highest BCUT2D eigenvalue weighted by molar-refractivity contribution is 7.13. The van der Waals surface area contributed by atoms with Gasteiger partial charge in [0.25, 0.3) is 5.91 Å². The van der Waals surface area contributed by atoms with Gasteiger partial charge in [0.1, 0.15) is 17.0 Å². The number of alkyl halides is 3. The van der Waals surface area contributed by atoms with Crippen molar-refractivity contribution in [3.05, 3.63) is 46.6 Å². The van der Waals surface area contributed by atoms with Crippen molar-refractivity contribution in [2.75, 3.05) is 19.0 Å². The number of methoxy groups -OCH3 is 1. The van der Waals surface area contributed by atoms with Crippen LogP contribution < -0.4 is 5.32 Å². The highest BCUT2D eigenvalue weighted by Crippen LogP contribution is 2.40. The van der Waals surface area contributed by atoms with Gasteiger partial charge in [-0.15, -0.1) is 11.3 Å². The number of amides is 1. The van der Waals surface area contributed by atoms with E-state index in [2.05, 4.69) is 15.3 Å². The monoisotopic (exact) mass is 469 g/mol. The molecule has 8 nitrogen and oxygen atoms in total. The molecule has 2 N–H and O–H groups in total. The lowest BCUT2D eigenvalue weighted by Crippen LogP contribution is -2.23. The molecular weight excluding hydrogens is 451 g/mol. The number of hydrogen-bond donors (Lipinski definition) is 2. The first-order valence-corrected chi connectivity index (χ1v) is 10.2. The molecular formula is C20H18F3N3O5S. The highest BCUT2D eigenvalue weighted by atomic mass is 32.1. The number of fused-ring (bicyclic) bond motifs is 1.